The van der Waals surface area contributed by atoms with Crippen molar-refractivity contribution in [1.82, 2.24) is 10.2 Å². The minimum atomic E-state index is 0.292. The molecule has 0 spiro atoms. The van der Waals surface area contributed by atoms with Crippen LogP contribution in [0.5, 0.6) is 0 Å². The lowest BCUT2D eigenvalue weighted by Crippen LogP contribution is -2.18. The molecule has 0 bridgehead atoms. The van der Waals surface area contributed by atoms with E-state index < -0.39 is 0 Å². The van der Waals surface area contributed by atoms with E-state index >= 15 is 0 Å². The number of aromatic nitrogens is 2. The maximum Gasteiger partial charge on any atom is 0.331 e. The summed E-state index contributed by atoms with van der Waals surface area (Å²) in [5.74, 6) is 0. The number of hydrogen-bond acceptors (Lipinski definition) is 5. The van der Waals surface area contributed by atoms with Crippen molar-refractivity contribution >= 4 is 6.01 Å². The lowest BCUT2D eigenvalue weighted by molar-refractivity contribution is 0.548. The van der Waals surface area contributed by atoms with Gasteiger partial charge in [-0.3, -0.25) is 0 Å². The maximum atomic E-state index is 8.66. The zero-order valence-corrected chi connectivity index (χ0v) is 5.77. The fourth-order valence-corrected chi connectivity index (χ4v) is 0.886. The third kappa shape index (κ3) is 1.03. The van der Waals surface area contributed by atoms with Crippen LogP contribution in [0.25, 0.3) is 0 Å². The van der Waals surface area contributed by atoms with Crippen molar-refractivity contribution in [3.63, 3.8) is 0 Å². The molecule has 0 aliphatic heterocycles. The molecule has 0 saturated heterocycles. The number of anilines is 1. The van der Waals surface area contributed by atoms with Crippen LogP contribution in [0.2, 0.25) is 0 Å². The molecule has 1 aliphatic carbocycles. The van der Waals surface area contributed by atoms with Crippen LogP contribution >= 0.6 is 0 Å². The fourth-order valence-electron chi connectivity index (χ4n) is 0.886. The van der Waals surface area contributed by atoms with Crippen molar-refractivity contribution < 1.29 is 4.42 Å². The van der Waals surface area contributed by atoms with Gasteiger partial charge in [0.2, 0.25) is 6.39 Å². The standard InChI is InChI=1S/C6H6N4O/c7-3-10(5-1-2-5)6-9-8-4-11-6/h4-5H,1-2H2. The molecule has 0 unspecified atom stereocenters. The summed E-state index contributed by atoms with van der Waals surface area (Å²) in [6.45, 7) is 0. The molecule has 1 heterocycles. The quantitative estimate of drug-likeness (QED) is 0.454. The van der Waals surface area contributed by atoms with E-state index in [1.807, 2.05) is 6.19 Å². The smallest absolute Gasteiger partial charge is 0.331 e. The summed E-state index contributed by atoms with van der Waals surface area (Å²) in [5.41, 5.74) is 0. The Hall–Kier alpha value is -1.57. The molecule has 0 atom stereocenters. The highest BCUT2D eigenvalue weighted by molar-refractivity contribution is 5.35. The highest BCUT2D eigenvalue weighted by Crippen LogP contribution is 2.29. The number of nitrogens with zero attached hydrogens (tertiary/aromatic N) is 4. The van der Waals surface area contributed by atoms with Gasteiger partial charge in [-0.15, -0.1) is 5.10 Å². The third-order valence-corrected chi connectivity index (χ3v) is 1.57. The van der Waals surface area contributed by atoms with Crippen LogP contribution in [-0.4, -0.2) is 16.2 Å². The third-order valence-electron chi connectivity index (χ3n) is 1.57. The molecule has 1 saturated carbocycles. The lowest BCUT2D eigenvalue weighted by atomic mass is 10.6. The number of hydrogen-bond donors (Lipinski definition) is 0. The summed E-state index contributed by atoms with van der Waals surface area (Å²) in [7, 11) is 0. The summed E-state index contributed by atoms with van der Waals surface area (Å²) in [6.07, 6.45) is 5.30. The first kappa shape index (κ1) is 6.16. The van der Waals surface area contributed by atoms with Gasteiger partial charge in [0.1, 0.15) is 0 Å². The van der Waals surface area contributed by atoms with Crippen molar-refractivity contribution in [2.24, 2.45) is 0 Å². The summed E-state index contributed by atoms with van der Waals surface area (Å²) in [5, 5.41) is 15.8. The van der Waals surface area contributed by atoms with Crippen LogP contribution in [0, 0.1) is 11.5 Å². The Balaban J connectivity index is 2.19. The van der Waals surface area contributed by atoms with Gasteiger partial charge in [-0.1, -0.05) is 5.10 Å². The molecule has 0 aromatic carbocycles. The van der Waals surface area contributed by atoms with Gasteiger partial charge in [-0.2, -0.15) is 5.26 Å². The molecule has 56 valence electrons. The second-order valence-electron chi connectivity index (χ2n) is 2.42. The van der Waals surface area contributed by atoms with E-state index in [-0.39, 0.29) is 0 Å². The van der Waals surface area contributed by atoms with Gasteiger partial charge in [-0.25, -0.2) is 4.90 Å². The van der Waals surface area contributed by atoms with E-state index in [0.29, 0.717) is 12.1 Å². The largest absolute Gasteiger partial charge is 0.410 e. The predicted molar refractivity (Wildman–Crippen MR) is 35.4 cm³/mol. The molecule has 0 N–H and O–H groups in total. The summed E-state index contributed by atoms with van der Waals surface area (Å²) in [4.78, 5) is 1.45. The van der Waals surface area contributed by atoms with Crippen LogP contribution in [0.3, 0.4) is 0 Å². The molecule has 11 heavy (non-hydrogen) atoms. The zero-order chi connectivity index (χ0) is 7.68. The molecule has 1 aliphatic rings. The monoisotopic (exact) mass is 150 g/mol. The second kappa shape index (κ2) is 2.23. The topological polar surface area (TPSA) is 66.0 Å². The van der Waals surface area contributed by atoms with Crippen LogP contribution in [-0.2, 0) is 0 Å². The Morgan fingerprint density at radius 1 is 1.73 bits per heavy atom. The molecule has 5 nitrogen and oxygen atoms in total. The molecule has 0 radical (unpaired) electrons. The van der Waals surface area contributed by atoms with E-state index in [1.54, 1.807) is 0 Å². The molecule has 1 aromatic heterocycles. The van der Waals surface area contributed by atoms with Gasteiger partial charge in [0.25, 0.3) is 0 Å². The number of nitriles is 1. The molecular weight excluding hydrogens is 144 g/mol. The summed E-state index contributed by atoms with van der Waals surface area (Å²) < 4.78 is 4.87. The van der Waals surface area contributed by atoms with Crippen molar-refractivity contribution in [2.45, 2.75) is 18.9 Å². The first-order chi connectivity index (χ1) is 5.42. The first-order valence-corrected chi connectivity index (χ1v) is 3.37. The van der Waals surface area contributed by atoms with E-state index in [4.69, 9.17) is 9.68 Å². The Bertz CT molecular complexity index is 271. The van der Waals surface area contributed by atoms with Crippen molar-refractivity contribution in [2.75, 3.05) is 4.90 Å². The Labute approximate surface area is 63.2 Å². The maximum absolute atomic E-state index is 8.66. The van der Waals surface area contributed by atoms with Gasteiger partial charge in [0, 0.05) is 6.04 Å². The van der Waals surface area contributed by atoms with Gasteiger partial charge < -0.3 is 4.42 Å². The average Bonchev–Trinajstić information content (AvgIpc) is 2.68. The SMILES string of the molecule is N#CN(c1nnco1)C1CC1. The zero-order valence-electron chi connectivity index (χ0n) is 5.77. The summed E-state index contributed by atoms with van der Waals surface area (Å²) >= 11 is 0. The Kier molecular flexibility index (Phi) is 1.25. The van der Waals surface area contributed by atoms with Crippen molar-refractivity contribution in [3.8, 4) is 6.19 Å². The lowest BCUT2D eigenvalue weighted by Gasteiger charge is -2.05. The predicted octanol–water partition coefficient (Wildman–Crippen LogP) is 0.519. The van der Waals surface area contributed by atoms with E-state index in [0.717, 1.165) is 12.8 Å². The summed E-state index contributed by atoms with van der Waals surface area (Å²) in [6, 6.07) is 0.593. The normalized spacial score (nSPS) is 15.9. The van der Waals surface area contributed by atoms with E-state index in [2.05, 4.69) is 10.2 Å². The molecule has 0 amide bonds. The van der Waals surface area contributed by atoms with Crippen molar-refractivity contribution in [3.05, 3.63) is 6.39 Å². The molecule has 1 aromatic rings. The average molecular weight is 150 g/mol. The van der Waals surface area contributed by atoms with Gasteiger partial charge in [0.05, 0.1) is 0 Å². The highest BCUT2D eigenvalue weighted by atomic mass is 16.4. The molecule has 5 heteroatoms. The van der Waals surface area contributed by atoms with Gasteiger partial charge in [0.15, 0.2) is 6.19 Å². The number of rotatable bonds is 2. The fraction of sp³-hybridized carbons (Fsp3) is 0.500. The Morgan fingerprint density at radius 2 is 2.55 bits per heavy atom. The van der Waals surface area contributed by atoms with E-state index in [9.17, 15) is 0 Å². The van der Waals surface area contributed by atoms with Gasteiger partial charge in [-0.05, 0) is 12.8 Å². The van der Waals surface area contributed by atoms with Gasteiger partial charge >= 0.3 is 6.01 Å². The van der Waals surface area contributed by atoms with Crippen molar-refractivity contribution in [1.29, 1.82) is 5.26 Å². The minimum Gasteiger partial charge on any atom is -0.410 e. The first-order valence-electron chi connectivity index (χ1n) is 3.37. The Morgan fingerprint density at radius 3 is 3.00 bits per heavy atom. The van der Waals surface area contributed by atoms with Crippen LogP contribution in [0.1, 0.15) is 12.8 Å². The van der Waals surface area contributed by atoms with Crippen LogP contribution in [0.15, 0.2) is 10.8 Å². The second-order valence-corrected chi connectivity index (χ2v) is 2.42. The molecule has 2 rings (SSSR count). The highest BCUT2D eigenvalue weighted by Gasteiger charge is 2.32. The van der Waals surface area contributed by atoms with E-state index in [1.165, 1.54) is 11.3 Å². The van der Waals surface area contributed by atoms with Crippen LogP contribution < -0.4 is 4.90 Å². The van der Waals surface area contributed by atoms with Crippen LogP contribution in [0.4, 0.5) is 6.01 Å². The minimum absolute atomic E-state index is 0.292. The molecule has 1 fully saturated rings. The molecular formula is C6H6N4O.